The number of hydrogen-bond donors (Lipinski definition) is 2. The number of ether oxygens (including phenoxy) is 2. The van der Waals surface area contributed by atoms with Crippen molar-refractivity contribution in [2.75, 3.05) is 26.4 Å². The summed E-state index contributed by atoms with van der Waals surface area (Å²) >= 11 is 0. The molecule has 4 nitrogen and oxygen atoms in total. The van der Waals surface area contributed by atoms with Gasteiger partial charge in [0.15, 0.2) is 0 Å². The summed E-state index contributed by atoms with van der Waals surface area (Å²) in [6.45, 7) is 0.497. The molecule has 0 saturated carbocycles. The van der Waals surface area contributed by atoms with Crippen LogP contribution in [0.3, 0.4) is 0 Å². The lowest BCUT2D eigenvalue weighted by atomic mass is 10.3. The molecule has 0 bridgehead atoms. The predicted octanol–water partition coefficient (Wildman–Crippen LogP) is 0.229. The molecule has 1 aromatic carbocycles. The number of aliphatic hydroxyl groups is 2. The highest BCUT2D eigenvalue weighted by atomic mass is 16.5. The van der Waals surface area contributed by atoms with Gasteiger partial charge in [-0.3, -0.25) is 0 Å². The second kappa shape index (κ2) is 6.23. The average molecular weight is 197 g/mol. The third-order valence-corrected chi connectivity index (χ3v) is 1.46. The maximum atomic E-state index is 8.51. The lowest BCUT2D eigenvalue weighted by Gasteiger charge is -2.06. The molecule has 77 valence electrons. The molecule has 0 aliphatic heterocycles. The first-order valence-corrected chi connectivity index (χ1v) is 4.36. The van der Waals surface area contributed by atoms with E-state index in [1.54, 1.807) is 18.2 Å². The van der Waals surface area contributed by atoms with E-state index in [1.165, 1.54) is 0 Å². The summed E-state index contributed by atoms with van der Waals surface area (Å²) in [7, 11) is 0. The Kier molecular flexibility index (Phi) is 4.82. The Hall–Kier alpha value is -1.26. The zero-order valence-electron chi connectivity index (χ0n) is 7.77. The van der Waals surface area contributed by atoms with Crippen LogP contribution in [-0.4, -0.2) is 36.6 Å². The Labute approximate surface area is 82.7 Å². The Balaban J connectivity index is 2.42. The standard InChI is InChI=1S/C10H13O4/c11-5-7-13-9-1-2-10(4-3-9)14-8-6-12/h1-3,11-12H,5-8H2. The van der Waals surface area contributed by atoms with Crippen molar-refractivity contribution in [2.24, 2.45) is 0 Å². The van der Waals surface area contributed by atoms with Crippen LogP contribution in [0.2, 0.25) is 0 Å². The summed E-state index contributed by atoms with van der Waals surface area (Å²) in [4.78, 5) is 0. The van der Waals surface area contributed by atoms with Crippen molar-refractivity contribution in [1.82, 2.24) is 0 Å². The van der Waals surface area contributed by atoms with Gasteiger partial charge in [-0.2, -0.15) is 0 Å². The van der Waals surface area contributed by atoms with E-state index in [-0.39, 0.29) is 26.4 Å². The van der Waals surface area contributed by atoms with Crippen molar-refractivity contribution in [3.05, 3.63) is 24.3 Å². The van der Waals surface area contributed by atoms with Crippen LogP contribution >= 0.6 is 0 Å². The third-order valence-electron chi connectivity index (χ3n) is 1.46. The van der Waals surface area contributed by atoms with Gasteiger partial charge in [0.25, 0.3) is 0 Å². The van der Waals surface area contributed by atoms with Gasteiger partial charge in [0.2, 0.25) is 0 Å². The first-order valence-electron chi connectivity index (χ1n) is 4.36. The number of rotatable bonds is 6. The Bertz CT molecular complexity index is 218. The Morgan fingerprint density at radius 1 is 1.07 bits per heavy atom. The first kappa shape index (κ1) is 10.8. The van der Waals surface area contributed by atoms with Gasteiger partial charge in [0.1, 0.15) is 24.7 Å². The molecule has 1 aromatic rings. The van der Waals surface area contributed by atoms with Crippen molar-refractivity contribution in [1.29, 1.82) is 0 Å². The topological polar surface area (TPSA) is 58.9 Å². The molecule has 0 unspecified atom stereocenters. The molecule has 0 aliphatic carbocycles. The molecule has 0 heterocycles. The smallest absolute Gasteiger partial charge is 0.127 e. The maximum Gasteiger partial charge on any atom is 0.127 e. The highest BCUT2D eigenvalue weighted by molar-refractivity contribution is 5.29. The van der Waals surface area contributed by atoms with Crippen molar-refractivity contribution in [2.45, 2.75) is 0 Å². The molecule has 0 amide bonds. The van der Waals surface area contributed by atoms with Gasteiger partial charge in [-0.15, -0.1) is 0 Å². The molecular weight excluding hydrogens is 184 g/mol. The van der Waals surface area contributed by atoms with E-state index in [4.69, 9.17) is 19.7 Å². The fourth-order valence-electron chi connectivity index (χ4n) is 0.895. The van der Waals surface area contributed by atoms with Gasteiger partial charge < -0.3 is 19.7 Å². The Morgan fingerprint density at radius 2 is 1.79 bits per heavy atom. The zero-order valence-corrected chi connectivity index (χ0v) is 7.77. The van der Waals surface area contributed by atoms with Gasteiger partial charge in [-0.25, -0.2) is 0 Å². The predicted molar refractivity (Wildman–Crippen MR) is 50.4 cm³/mol. The Morgan fingerprint density at radius 3 is 2.36 bits per heavy atom. The number of benzene rings is 1. The van der Waals surface area contributed by atoms with Gasteiger partial charge >= 0.3 is 0 Å². The molecule has 0 aliphatic rings. The van der Waals surface area contributed by atoms with Gasteiger partial charge in [0.05, 0.1) is 13.2 Å². The molecule has 14 heavy (non-hydrogen) atoms. The third kappa shape index (κ3) is 3.64. The van der Waals surface area contributed by atoms with E-state index in [2.05, 4.69) is 6.07 Å². The quantitative estimate of drug-likeness (QED) is 0.685. The van der Waals surface area contributed by atoms with Crippen LogP contribution in [0.25, 0.3) is 0 Å². The number of hydrogen-bond acceptors (Lipinski definition) is 4. The van der Waals surface area contributed by atoms with Gasteiger partial charge in [0, 0.05) is 6.07 Å². The second-order valence-corrected chi connectivity index (χ2v) is 2.53. The summed E-state index contributed by atoms with van der Waals surface area (Å²) in [6.07, 6.45) is 0. The van der Waals surface area contributed by atoms with Crippen LogP contribution in [0.5, 0.6) is 11.5 Å². The first-order chi connectivity index (χ1) is 6.86. The van der Waals surface area contributed by atoms with Crippen LogP contribution in [0, 0.1) is 6.07 Å². The summed E-state index contributed by atoms with van der Waals surface area (Å²) in [6, 6.07) is 7.89. The highest BCUT2D eigenvalue weighted by Gasteiger charge is 1.95. The molecular formula is C10H13O4. The van der Waals surface area contributed by atoms with Crippen molar-refractivity contribution in [3.63, 3.8) is 0 Å². The van der Waals surface area contributed by atoms with Crippen LogP contribution in [0.4, 0.5) is 0 Å². The van der Waals surface area contributed by atoms with Crippen molar-refractivity contribution < 1.29 is 19.7 Å². The van der Waals surface area contributed by atoms with Crippen LogP contribution in [0.1, 0.15) is 0 Å². The second-order valence-electron chi connectivity index (χ2n) is 2.53. The van der Waals surface area contributed by atoms with Gasteiger partial charge in [-0.1, -0.05) is 0 Å². The maximum absolute atomic E-state index is 8.51. The minimum Gasteiger partial charge on any atom is -0.491 e. The van der Waals surface area contributed by atoms with Crippen LogP contribution < -0.4 is 9.47 Å². The zero-order chi connectivity index (χ0) is 10.2. The molecule has 0 aromatic heterocycles. The molecule has 0 saturated heterocycles. The van der Waals surface area contributed by atoms with E-state index in [0.717, 1.165) is 0 Å². The van der Waals surface area contributed by atoms with Crippen LogP contribution in [-0.2, 0) is 0 Å². The normalized spacial score (nSPS) is 9.86. The van der Waals surface area contributed by atoms with E-state index >= 15 is 0 Å². The van der Waals surface area contributed by atoms with E-state index < -0.39 is 0 Å². The van der Waals surface area contributed by atoms with Crippen molar-refractivity contribution >= 4 is 0 Å². The highest BCUT2D eigenvalue weighted by Crippen LogP contribution is 2.16. The lowest BCUT2D eigenvalue weighted by molar-refractivity contribution is 0.197. The summed E-state index contributed by atoms with van der Waals surface area (Å²) in [5.74, 6) is 1.20. The summed E-state index contributed by atoms with van der Waals surface area (Å²) in [5, 5.41) is 17.0. The average Bonchev–Trinajstić information content (AvgIpc) is 2.25. The SMILES string of the molecule is OCCOc1[c]cc(OCCO)cc1. The monoisotopic (exact) mass is 197 g/mol. The van der Waals surface area contributed by atoms with E-state index in [0.29, 0.717) is 11.5 Å². The molecule has 2 N–H and O–H groups in total. The molecule has 0 spiro atoms. The summed E-state index contributed by atoms with van der Waals surface area (Å²) < 4.78 is 10.2. The van der Waals surface area contributed by atoms with Crippen LogP contribution in [0.15, 0.2) is 18.2 Å². The van der Waals surface area contributed by atoms with Crippen molar-refractivity contribution in [3.8, 4) is 11.5 Å². The molecule has 0 atom stereocenters. The summed E-state index contributed by atoms with van der Waals surface area (Å²) in [5.41, 5.74) is 0. The lowest BCUT2D eigenvalue weighted by Crippen LogP contribution is -2.03. The largest absolute Gasteiger partial charge is 0.491 e. The fourth-order valence-corrected chi connectivity index (χ4v) is 0.895. The molecule has 0 fully saturated rings. The molecule has 1 rings (SSSR count). The van der Waals surface area contributed by atoms with E-state index in [9.17, 15) is 0 Å². The molecule has 1 radical (unpaired) electrons. The van der Waals surface area contributed by atoms with E-state index in [1.807, 2.05) is 0 Å². The fraction of sp³-hybridized carbons (Fsp3) is 0.400. The number of aliphatic hydroxyl groups excluding tert-OH is 2. The minimum atomic E-state index is -0.0173. The molecule has 4 heteroatoms. The van der Waals surface area contributed by atoms with Gasteiger partial charge in [-0.05, 0) is 18.2 Å². The minimum absolute atomic E-state index is 0.0111.